The lowest BCUT2D eigenvalue weighted by Crippen LogP contribution is -2.35. The van der Waals surface area contributed by atoms with Crippen LogP contribution in [0.3, 0.4) is 0 Å². The number of halogens is 2. The molecule has 1 amide bonds. The van der Waals surface area contributed by atoms with Crippen molar-refractivity contribution in [3.63, 3.8) is 0 Å². The molecular weight excluding hydrogens is 418 g/mol. The Balaban J connectivity index is 1.91. The Labute approximate surface area is 173 Å². The van der Waals surface area contributed by atoms with Gasteiger partial charge < -0.3 is 14.8 Å². The van der Waals surface area contributed by atoms with E-state index in [9.17, 15) is 22.0 Å². The maximum absolute atomic E-state index is 12.9. The van der Waals surface area contributed by atoms with Crippen LogP contribution in [0.1, 0.15) is 29.6 Å². The molecule has 0 aromatic heterocycles. The van der Waals surface area contributed by atoms with Crippen LogP contribution in [0.15, 0.2) is 47.4 Å². The molecule has 1 saturated heterocycles. The second-order valence-corrected chi connectivity index (χ2v) is 8.59. The van der Waals surface area contributed by atoms with Gasteiger partial charge in [0, 0.05) is 13.1 Å². The van der Waals surface area contributed by atoms with E-state index in [4.69, 9.17) is 4.74 Å². The second kappa shape index (κ2) is 9.40. The largest absolute Gasteiger partial charge is 0.495 e. The van der Waals surface area contributed by atoms with Crippen molar-refractivity contribution < 1.29 is 31.5 Å². The van der Waals surface area contributed by atoms with E-state index >= 15 is 0 Å². The first-order chi connectivity index (χ1) is 14.3. The molecule has 1 heterocycles. The quantitative estimate of drug-likeness (QED) is 0.709. The summed E-state index contributed by atoms with van der Waals surface area (Å²) >= 11 is 0. The van der Waals surface area contributed by atoms with Crippen LogP contribution in [0.5, 0.6) is 11.5 Å². The fourth-order valence-corrected chi connectivity index (χ4v) is 4.79. The van der Waals surface area contributed by atoms with Gasteiger partial charge in [0.25, 0.3) is 5.91 Å². The number of carbonyl (C=O) groups is 1. The van der Waals surface area contributed by atoms with Gasteiger partial charge in [0.05, 0.1) is 23.3 Å². The van der Waals surface area contributed by atoms with Gasteiger partial charge in [-0.05, 0) is 43.2 Å². The minimum Gasteiger partial charge on any atom is -0.495 e. The first kappa shape index (κ1) is 22.0. The third-order valence-electron chi connectivity index (χ3n) is 4.72. The molecule has 1 N–H and O–H groups in total. The molecule has 2 aromatic rings. The molecule has 7 nitrogen and oxygen atoms in total. The Morgan fingerprint density at radius 3 is 2.43 bits per heavy atom. The van der Waals surface area contributed by atoms with Crippen LogP contribution < -0.4 is 14.8 Å². The molecule has 0 spiro atoms. The minimum absolute atomic E-state index is 0.0117. The molecule has 10 heteroatoms. The van der Waals surface area contributed by atoms with Gasteiger partial charge in [-0.2, -0.15) is 13.1 Å². The predicted molar refractivity (Wildman–Crippen MR) is 107 cm³/mol. The highest BCUT2D eigenvalue weighted by molar-refractivity contribution is 7.89. The second-order valence-electron chi connectivity index (χ2n) is 6.66. The standard InChI is InChI=1S/C20H22F2N2O5S/c1-28-18-10-9-14(30(26,27)24-11-5-2-6-12-24)13-16(18)23-19(25)15-7-3-4-8-17(15)29-20(21)22/h3-4,7-10,13,20H,2,5-6,11-12H2,1H3,(H,23,25). The number of ether oxygens (including phenoxy) is 2. The average molecular weight is 440 g/mol. The summed E-state index contributed by atoms with van der Waals surface area (Å²) in [6, 6.07) is 9.68. The van der Waals surface area contributed by atoms with Crippen LogP contribution in [0, 0.1) is 0 Å². The molecule has 0 saturated carbocycles. The van der Waals surface area contributed by atoms with Gasteiger partial charge >= 0.3 is 6.61 Å². The number of rotatable bonds is 7. The van der Waals surface area contributed by atoms with Crippen molar-refractivity contribution in [1.82, 2.24) is 4.31 Å². The lowest BCUT2D eigenvalue weighted by atomic mass is 10.2. The van der Waals surface area contributed by atoms with Gasteiger partial charge in [-0.15, -0.1) is 0 Å². The third-order valence-corrected chi connectivity index (χ3v) is 6.61. The number of alkyl halides is 2. The highest BCUT2D eigenvalue weighted by atomic mass is 32.2. The molecule has 3 rings (SSSR count). The minimum atomic E-state index is -3.73. The number of piperidine rings is 1. The maximum atomic E-state index is 12.9. The van der Waals surface area contributed by atoms with Crippen LogP contribution >= 0.6 is 0 Å². The van der Waals surface area contributed by atoms with E-state index in [0.717, 1.165) is 19.3 Å². The van der Waals surface area contributed by atoms with Crippen LogP contribution in [0.4, 0.5) is 14.5 Å². The monoisotopic (exact) mass is 440 g/mol. The number of nitrogens with one attached hydrogen (secondary N) is 1. The van der Waals surface area contributed by atoms with Crippen molar-refractivity contribution in [2.24, 2.45) is 0 Å². The summed E-state index contributed by atoms with van der Waals surface area (Å²) in [7, 11) is -2.36. The number of methoxy groups -OCH3 is 1. The smallest absolute Gasteiger partial charge is 0.387 e. The van der Waals surface area contributed by atoms with E-state index in [1.165, 1.54) is 53.9 Å². The molecule has 1 fully saturated rings. The number of nitrogens with zero attached hydrogens (tertiary/aromatic N) is 1. The predicted octanol–water partition coefficient (Wildman–Crippen LogP) is 3.72. The summed E-state index contributed by atoms with van der Waals surface area (Å²) in [5.41, 5.74) is -0.0171. The summed E-state index contributed by atoms with van der Waals surface area (Å²) in [5.74, 6) is -0.800. The van der Waals surface area contributed by atoms with Crippen molar-refractivity contribution in [1.29, 1.82) is 0 Å². The Hall–Kier alpha value is -2.72. The molecule has 0 aliphatic carbocycles. The van der Waals surface area contributed by atoms with Gasteiger partial charge in [0.15, 0.2) is 0 Å². The van der Waals surface area contributed by atoms with E-state index in [1.54, 1.807) is 0 Å². The van der Waals surface area contributed by atoms with E-state index in [-0.39, 0.29) is 27.6 Å². The zero-order chi connectivity index (χ0) is 21.7. The van der Waals surface area contributed by atoms with E-state index < -0.39 is 22.5 Å². The molecule has 0 unspecified atom stereocenters. The molecule has 0 radical (unpaired) electrons. The van der Waals surface area contributed by atoms with Crippen LogP contribution in [-0.2, 0) is 10.0 Å². The number of sulfonamides is 1. The summed E-state index contributed by atoms with van der Waals surface area (Å²) in [5, 5.41) is 2.54. The molecular formula is C20H22F2N2O5S. The van der Waals surface area contributed by atoms with E-state index in [1.807, 2.05) is 0 Å². The molecule has 1 aliphatic rings. The highest BCUT2D eigenvalue weighted by Crippen LogP contribution is 2.31. The van der Waals surface area contributed by atoms with Crippen LogP contribution in [-0.4, -0.2) is 45.4 Å². The summed E-state index contributed by atoms with van der Waals surface area (Å²) in [6.07, 6.45) is 2.57. The van der Waals surface area contributed by atoms with Gasteiger partial charge in [0.2, 0.25) is 10.0 Å². The lowest BCUT2D eigenvalue weighted by Gasteiger charge is -2.26. The molecule has 162 valence electrons. The number of hydrogen-bond acceptors (Lipinski definition) is 5. The average Bonchev–Trinajstić information content (AvgIpc) is 2.74. The maximum Gasteiger partial charge on any atom is 0.387 e. The third kappa shape index (κ3) is 4.88. The number of amides is 1. The van der Waals surface area contributed by atoms with Crippen molar-refractivity contribution >= 4 is 21.6 Å². The van der Waals surface area contributed by atoms with Crippen molar-refractivity contribution in [3.05, 3.63) is 48.0 Å². The van der Waals surface area contributed by atoms with Crippen molar-refractivity contribution in [3.8, 4) is 11.5 Å². The summed E-state index contributed by atoms with van der Waals surface area (Å²) in [4.78, 5) is 12.7. The molecule has 30 heavy (non-hydrogen) atoms. The van der Waals surface area contributed by atoms with Crippen molar-refractivity contribution in [2.75, 3.05) is 25.5 Å². The number of para-hydroxylation sites is 1. The Kier molecular flexibility index (Phi) is 6.88. The number of carbonyl (C=O) groups excluding carboxylic acids is 1. The first-order valence-electron chi connectivity index (χ1n) is 9.36. The van der Waals surface area contributed by atoms with Gasteiger partial charge in [-0.1, -0.05) is 18.6 Å². The van der Waals surface area contributed by atoms with E-state index in [0.29, 0.717) is 13.1 Å². The Morgan fingerprint density at radius 1 is 1.07 bits per heavy atom. The van der Waals surface area contributed by atoms with Crippen LogP contribution in [0.2, 0.25) is 0 Å². The van der Waals surface area contributed by atoms with Crippen LogP contribution in [0.25, 0.3) is 0 Å². The molecule has 2 aromatic carbocycles. The Bertz CT molecular complexity index is 1010. The van der Waals surface area contributed by atoms with Gasteiger partial charge in [-0.3, -0.25) is 4.79 Å². The fourth-order valence-electron chi connectivity index (χ4n) is 3.24. The number of benzene rings is 2. The van der Waals surface area contributed by atoms with E-state index in [2.05, 4.69) is 10.1 Å². The Morgan fingerprint density at radius 2 is 1.77 bits per heavy atom. The molecule has 0 bridgehead atoms. The van der Waals surface area contributed by atoms with Gasteiger partial charge in [-0.25, -0.2) is 8.42 Å². The topological polar surface area (TPSA) is 84.9 Å². The number of hydrogen-bond donors (Lipinski definition) is 1. The summed E-state index contributed by atoms with van der Waals surface area (Å²) in [6.45, 7) is -2.21. The lowest BCUT2D eigenvalue weighted by molar-refractivity contribution is -0.0501. The molecule has 0 atom stereocenters. The fraction of sp³-hybridized carbons (Fsp3) is 0.350. The van der Waals surface area contributed by atoms with Gasteiger partial charge in [0.1, 0.15) is 11.5 Å². The zero-order valence-electron chi connectivity index (χ0n) is 16.3. The first-order valence-corrected chi connectivity index (χ1v) is 10.8. The number of anilines is 1. The zero-order valence-corrected chi connectivity index (χ0v) is 17.1. The van der Waals surface area contributed by atoms with Crippen molar-refractivity contribution in [2.45, 2.75) is 30.8 Å². The molecule has 1 aliphatic heterocycles. The normalized spacial score (nSPS) is 15.1. The summed E-state index contributed by atoms with van der Waals surface area (Å²) < 4.78 is 62.1. The highest BCUT2D eigenvalue weighted by Gasteiger charge is 2.27. The SMILES string of the molecule is COc1ccc(S(=O)(=O)N2CCCCC2)cc1NC(=O)c1ccccc1OC(F)F.